The summed E-state index contributed by atoms with van der Waals surface area (Å²) in [6.07, 6.45) is -3.01. The number of nitrogen functional groups attached to an aromatic ring is 1. The van der Waals surface area contributed by atoms with Crippen LogP contribution in [-0.4, -0.2) is 51.6 Å². The van der Waals surface area contributed by atoms with E-state index in [1.807, 2.05) is 6.07 Å². The second kappa shape index (κ2) is 11.4. The minimum Gasteiger partial charge on any atom is -0.462 e. The second-order valence-corrected chi connectivity index (χ2v) is 10.6. The standard InChI is InChI=1S/C23H30N5O8P/c1-14(2)34-20(30)15(3)27-37(32,36-16-8-6-5-7-9-16)33-12-17-19(29)23(4,13-24)21(35-17)28-11-10-18(25)26-22(28)31/h5-11,14-15,17,19,21,29H,12H2,1-4H3,(H,27,32)(H2,25,26,31)/t15-,17-,19-,21?,23-,37?/m1/s1. The van der Waals surface area contributed by atoms with Crippen molar-refractivity contribution >= 4 is 19.5 Å². The third kappa shape index (κ3) is 6.54. The Bertz CT molecular complexity index is 1250. The van der Waals surface area contributed by atoms with Gasteiger partial charge in [0.2, 0.25) is 0 Å². The van der Waals surface area contributed by atoms with Gasteiger partial charge in [-0.25, -0.2) is 9.36 Å². The molecule has 1 aromatic heterocycles. The van der Waals surface area contributed by atoms with Gasteiger partial charge in [-0.3, -0.25) is 13.9 Å². The lowest BCUT2D eigenvalue weighted by Gasteiger charge is -2.26. The molecule has 0 amide bonds. The fraction of sp³-hybridized carbons (Fsp3) is 0.478. The van der Waals surface area contributed by atoms with Crippen molar-refractivity contribution in [1.29, 1.82) is 5.26 Å². The first-order valence-electron chi connectivity index (χ1n) is 11.5. The summed E-state index contributed by atoms with van der Waals surface area (Å²) in [5.41, 5.74) is 3.17. The number of aromatic nitrogens is 2. The summed E-state index contributed by atoms with van der Waals surface area (Å²) in [6, 6.07) is 10.4. The van der Waals surface area contributed by atoms with Crippen LogP contribution < -0.4 is 21.0 Å². The van der Waals surface area contributed by atoms with Crippen LogP contribution in [0, 0.1) is 16.7 Å². The summed E-state index contributed by atoms with van der Waals surface area (Å²) >= 11 is 0. The molecule has 14 heteroatoms. The number of benzene rings is 1. The van der Waals surface area contributed by atoms with E-state index in [0.717, 1.165) is 4.57 Å². The third-order valence-corrected chi connectivity index (χ3v) is 7.21. The van der Waals surface area contributed by atoms with Crippen molar-refractivity contribution < 1.29 is 33.0 Å². The molecule has 0 bridgehead atoms. The van der Waals surface area contributed by atoms with Crippen molar-refractivity contribution in [1.82, 2.24) is 14.6 Å². The highest BCUT2D eigenvalue weighted by atomic mass is 31.2. The lowest BCUT2D eigenvalue weighted by atomic mass is 9.84. The van der Waals surface area contributed by atoms with Gasteiger partial charge in [-0.1, -0.05) is 18.2 Å². The Hall–Kier alpha value is -3.27. The first kappa shape index (κ1) is 28.3. The molecule has 0 radical (unpaired) electrons. The van der Waals surface area contributed by atoms with E-state index in [-0.39, 0.29) is 11.6 Å². The zero-order chi connectivity index (χ0) is 27.4. The predicted octanol–water partition coefficient (Wildman–Crippen LogP) is 1.75. The normalized spacial score (nSPS) is 25.7. The van der Waals surface area contributed by atoms with Gasteiger partial charge in [0.15, 0.2) is 6.23 Å². The number of nitrogens with two attached hydrogens (primary N) is 1. The van der Waals surface area contributed by atoms with E-state index in [2.05, 4.69) is 10.1 Å². The smallest absolute Gasteiger partial charge is 0.459 e. The van der Waals surface area contributed by atoms with E-state index in [1.54, 1.807) is 44.2 Å². The van der Waals surface area contributed by atoms with Gasteiger partial charge < -0.3 is 24.8 Å². The maximum absolute atomic E-state index is 13.7. The average molecular weight is 535 g/mol. The molecular weight excluding hydrogens is 505 g/mol. The highest BCUT2D eigenvalue weighted by molar-refractivity contribution is 7.52. The van der Waals surface area contributed by atoms with E-state index in [0.29, 0.717) is 0 Å². The number of para-hydroxylation sites is 1. The Balaban J connectivity index is 1.83. The zero-order valence-electron chi connectivity index (χ0n) is 20.8. The van der Waals surface area contributed by atoms with Gasteiger partial charge in [-0.15, -0.1) is 0 Å². The van der Waals surface area contributed by atoms with Crippen molar-refractivity contribution in [3.8, 4) is 11.8 Å². The van der Waals surface area contributed by atoms with Crippen molar-refractivity contribution in [2.24, 2.45) is 5.41 Å². The number of nitrogens with zero attached hydrogens (tertiary/aromatic N) is 3. The first-order valence-corrected chi connectivity index (χ1v) is 13.0. The minimum absolute atomic E-state index is 0.0199. The van der Waals surface area contributed by atoms with E-state index >= 15 is 0 Å². The quantitative estimate of drug-likeness (QED) is 0.296. The predicted molar refractivity (Wildman–Crippen MR) is 131 cm³/mol. The van der Waals surface area contributed by atoms with Crippen molar-refractivity contribution in [3.63, 3.8) is 0 Å². The topological polar surface area (TPSA) is 188 Å². The van der Waals surface area contributed by atoms with Crippen LogP contribution in [0.1, 0.15) is 33.9 Å². The number of anilines is 1. The molecule has 0 spiro atoms. The van der Waals surface area contributed by atoms with E-state index < -0.39 is 62.0 Å². The Labute approximate surface area is 213 Å². The molecule has 2 heterocycles. The molecule has 37 heavy (non-hydrogen) atoms. The number of ether oxygens (including phenoxy) is 2. The fourth-order valence-electron chi connectivity index (χ4n) is 3.63. The molecule has 1 saturated heterocycles. The lowest BCUT2D eigenvalue weighted by molar-refractivity contribution is -0.149. The van der Waals surface area contributed by atoms with E-state index in [1.165, 1.54) is 26.1 Å². The number of aliphatic hydroxyl groups excluding tert-OH is 1. The second-order valence-electron chi connectivity index (χ2n) is 8.94. The largest absolute Gasteiger partial charge is 0.462 e. The molecule has 1 aliphatic heterocycles. The minimum atomic E-state index is -4.25. The number of esters is 1. The number of carbonyl (C=O) groups is 1. The van der Waals surface area contributed by atoms with Crippen LogP contribution in [0.3, 0.4) is 0 Å². The molecule has 200 valence electrons. The van der Waals surface area contributed by atoms with Crippen LogP contribution in [0.15, 0.2) is 47.4 Å². The molecule has 2 aromatic rings. The van der Waals surface area contributed by atoms with Gasteiger partial charge in [0.25, 0.3) is 0 Å². The molecule has 2 unspecified atom stereocenters. The third-order valence-electron chi connectivity index (χ3n) is 5.56. The number of rotatable bonds is 10. The van der Waals surface area contributed by atoms with Crippen molar-refractivity contribution in [2.45, 2.75) is 58.3 Å². The molecule has 13 nitrogen and oxygen atoms in total. The average Bonchev–Trinajstić information content (AvgIpc) is 3.08. The fourth-order valence-corrected chi connectivity index (χ4v) is 5.13. The van der Waals surface area contributed by atoms with Crippen LogP contribution in [0.2, 0.25) is 0 Å². The molecular formula is C23H30N5O8P. The Morgan fingerprint density at radius 2 is 2.03 bits per heavy atom. The van der Waals surface area contributed by atoms with E-state index in [4.69, 9.17) is 24.3 Å². The van der Waals surface area contributed by atoms with Crippen molar-refractivity contribution in [2.75, 3.05) is 12.3 Å². The number of nitriles is 1. The maximum Gasteiger partial charge on any atom is 0.459 e. The Kier molecular flexibility index (Phi) is 8.73. The highest BCUT2D eigenvalue weighted by Crippen LogP contribution is 2.48. The summed E-state index contributed by atoms with van der Waals surface area (Å²) in [4.78, 5) is 28.3. The molecule has 6 atom stereocenters. The summed E-state index contributed by atoms with van der Waals surface area (Å²) in [5.74, 6) is -0.511. The number of nitrogens with one attached hydrogen (secondary N) is 1. The molecule has 0 aliphatic carbocycles. The molecule has 1 aliphatic rings. The van der Waals surface area contributed by atoms with Crippen LogP contribution in [0.4, 0.5) is 5.82 Å². The zero-order valence-corrected chi connectivity index (χ0v) is 21.7. The van der Waals surface area contributed by atoms with Gasteiger partial charge in [0.1, 0.15) is 35.2 Å². The molecule has 1 fully saturated rings. The van der Waals surface area contributed by atoms with Crippen LogP contribution in [0.5, 0.6) is 5.75 Å². The monoisotopic (exact) mass is 535 g/mol. The van der Waals surface area contributed by atoms with Gasteiger partial charge >= 0.3 is 19.4 Å². The highest BCUT2D eigenvalue weighted by Gasteiger charge is 2.55. The van der Waals surface area contributed by atoms with E-state index in [9.17, 15) is 24.5 Å². The SMILES string of the molecule is CC(C)OC(=O)[C@@H](C)NP(=O)(OC[C@H]1OC(n2ccc(N)nc2=O)[C@](C)(C#N)[C@@H]1O)Oc1ccccc1. The maximum atomic E-state index is 13.7. The van der Waals surface area contributed by atoms with Crippen LogP contribution in [0.25, 0.3) is 0 Å². The summed E-state index contributed by atoms with van der Waals surface area (Å²) in [6.45, 7) is 5.66. The Morgan fingerprint density at radius 3 is 2.62 bits per heavy atom. The number of hydrogen-bond donors (Lipinski definition) is 3. The Morgan fingerprint density at radius 1 is 1.35 bits per heavy atom. The first-order chi connectivity index (χ1) is 17.4. The van der Waals surface area contributed by atoms with Crippen LogP contribution in [-0.2, 0) is 23.4 Å². The lowest BCUT2D eigenvalue weighted by Crippen LogP contribution is -2.40. The van der Waals surface area contributed by atoms with Gasteiger partial charge in [-0.05, 0) is 45.9 Å². The summed E-state index contributed by atoms with van der Waals surface area (Å²) < 4.78 is 36.8. The number of carbonyl (C=O) groups excluding carboxylic acids is 1. The van der Waals surface area contributed by atoms with Gasteiger partial charge in [0, 0.05) is 6.20 Å². The van der Waals surface area contributed by atoms with Crippen molar-refractivity contribution in [3.05, 3.63) is 53.1 Å². The molecule has 3 rings (SSSR count). The summed E-state index contributed by atoms with van der Waals surface area (Å²) in [5, 5.41) is 23.3. The van der Waals surface area contributed by atoms with Gasteiger partial charge in [-0.2, -0.15) is 15.3 Å². The molecule has 0 saturated carbocycles. The van der Waals surface area contributed by atoms with Gasteiger partial charge in [0.05, 0.1) is 18.8 Å². The number of aliphatic hydroxyl groups is 1. The molecule has 4 N–H and O–H groups in total. The van der Waals surface area contributed by atoms with Crippen LogP contribution >= 0.6 is 7.75 Å². The molecule has 1 aromatic carbocycles. The number of hydrogen-bond acceptors (Lipinski definition) is 11. The summed E-state index contributed by atoms with van der Waals surface area (Å²) in [7, 11) is -4.25.